The largest absolute Gasteiger partial charge is 0.330 e. The van der Waals surface area contributed by atoms with Crippen molar-refractivity contribution in [1.82, 2.24) is 14.5 Å². The van der Waals surface area contributed by atoms with Crippen molar-refractivity contribution in [3.63, 3.8) is 0 Å². The van der Waals surface area contributed by atoms with E-state index in [0.717, 1.165) is 5.56 Å². The van der Waals surface area contributed by atoms with Crippen molar-refractivity contribution in [3.05, 3.63) is 46.6 Å². The number of aromatic amines is 1. The van der Waals surface area contributed by atoms with Crippen molar-refractivity contribution < 1.29 is 0 Å². The molecule has 0 spiro atoms. The number of H-pyrrole nitrogens is 1. The van der Waals surface area contributed by atoms with Crippen LogP contribution in [0.5, 0.6) is 0 Å². The van der Waals surface area contributed by atoms with Crippen LogP contribution in [-0.2, 0) is 0 Å². The van der Waals surface area contributed by atoms with Crippen LogP contribution in [0.15, 0.2) is 35.5 Å². The standard InChI is InChI=1S/C9H9N3O/c1-7-2-3-8(13)12(6-7)9-10-4-5-11-9/h2-6H,1H3,(H,10,11). The fraction of sp³-hybridized carbons (Fsp3) is 0.111. The number of nitrogens with zero attached hydrogens (tertiary/aromatic N) is 2. The molecule has 4 nitrogen and oxygen atoms in total. The van der Waals surface area contributed by atoms with Crippen molar-refractivity contribution in [2.45, 2.75) is 6.92 Å². The number of imidazole rings is 1. The molecule has 0 bridgehead atoms. The van der Waals surface area contributed by atoms with Crippen LogP contribution >= 0.6 is 0 Å². The van der Waals surface area contributed by atoms with E-state index in [9.17, 15) is 4.79 Å². The minimum atomic E-state index is -0.0828. The van der Waals surface area contributed by atoms with Gasteiger partial charge in [-0.25, -0.2) is 4.98 Å². The summed E-state index contributed by atoms with van der Waals surface area (Å²) in [5.74, 6) is 0.550. The van der Waals surface area contributed by atoms with E-state index in [2.05, 4.69) is 9.97 Å². The molecule has 0 atom stereocenters. The van der Waals surface area contributed by atoms with Crippen molar-refractivity contribution in [1.29, 1.82) is 0 Å². The molecule has 0 aliphatic rings. The zero-order valence-corrected chi connectivity index (χ0v) is 7.19. The molecule has 13 heavy (non-hydrogen) atoms. The average molecular weight is 175 g/mol. The first-order chi connectivity index (χ1) is 6.27. The third kappa shape index (κ3) is 1.38. The van der Waals surface area contributed by atoms with E-state index < -0.39 is 0 Å². The van der Waals surface area contributed by atoms with E-state index in [0.29, 0.717) is 5.95 Å². The summed E-state index contributed by atoms with van der Waals surface area (Å²) in [5, 5.41) is 0. The Hall–Kier alpha value is -1.84. The maximum atomic E-state index is 11.4. The second kappa shape index (κ2) is 2.90. The molecule has 2 rings (SSSR count). The average Bonchev–Trinajstić information content (AvgIpc) is 2.61. The Morgan fingerprint density at radius 1 is 1.46 bits per heavy atom. The molecule has 0 aromatic carbocycles. The maximum Gasteiger partial charge on any atom is 0.257 e. The lowest BCUT2D eigenvalue weighted by Crippen LogP contribution is -2.17. The van der Waals surface area contributed by atoms with Crippen LogP contribution < -0.4 is 5.56 Å². The molecule has 2 aromatic rings. The van der Waals surface area contributed by atoms with Gasteiger partial charge >= 0.3 is 0 Å². The molecular weight excluding hydrogens is 166 g/mol. The summed E-state index contributed by atoms with van der Waals surface area (Å²) in [6.45, 7) is 1.93. The van der Waals surface area contributed by atoms with Gasteiger partial charge in [-0.15, -0.1) is 0 Å². The fourth-order valence-electron chi connectivity index (χ4n) is 1.15. The number of pyridine rings is 1. The van der Waals surface area contributed by atoms with Gasteiger partial charge in [-0.2, -0.15) is 0 Å². The minimum Gasteiger partial charge on any atom is -0.330 e. The number of aromatic nitrogens is 3. The van der Waals surface area contributed by atoms with Crippen LogP contribution in [0.2, 0.25) is 0 Å². The number of hydrogen-bond acceptors (Lipinski definition) is 2. The monoisotopic (exact) mass is 175 g/mol. The van der Waals surface area contributed by atoms with Crippen molar-refractivity contribution in [2.75, 3.05) is 0 Å². The highest BCUT2D eigenvalue weighted by Gasteiger charge is 1.99. The molecule has 2 heterocycles. The second-order valence-corrected chi connectivity index (χ2v) is 2.83. The molecule has 0 radical (unpaired) electrons. The van der Waals surface area contributed by atoms with Gasteiger partial charge in [0.1, 0.15) is 0 Å². The predicted molar refractivity (Wildman–Crippen MR) is 48.9 cm³/mol. The van der Waals surface area contributed by atoms with Gasteiger partial charge in [0.25, 0.3) is 5.56 Å². The van der Waals surface area contributed by atoms with Crippen LogP contribution in [0.1, 0.15) is 5.56 Å². The van der Waals surface area contributed by atoms with E-state index >= 15 is 0 Å². The third-order valence-corrected chi connectivity index (χ3v) is 1.77. The highest BCUT2D eigenvalue weighted by atomic mass is 16.1. The minimum absolute atomic E-state index is 0.0828. The molecule has 0 saturated carbocycles. The van der Waals surface area contributed by atoms with Crippen LogP contribution in [-0.4, -0.2) is 14.5 Å². The molecule has 0 amide bonds. The zero-order chi connectivity index (χ0) is 9.26. The Kier molecular flexibility index (Phi) is 1.73. The lowest BCUT2D eigenvalue weighted by molar-refractivity contribution is 0.904. The Morgan fingerprint density at radius 3 is 3.00 bits per heavy atom. The van der Waals surface area contributed by atoms with Crippen molar-refractivity contribution >= 4 is 0 Å². The third-order valence-electron chi connectivity index (χ3n) is 1.77. The summed E-state index contributed by atoms with van der Waals surface area (Å²) in [4.78, 5) is 18.2. The summed E-state index contributed by atoms with van der Waals surface area (Å²) in [5.41, 5.74) is 0.941. The lowest BCUT2D eigenvalue weighted by atomic mass is 10.3. The maximum absolute atomic E-state index is 11.4. The quantitative estimate of drug-likeness (QED) is 0.699. The van der Waals surface area contributed by atoms with Crippen LogP contribution in [0.25, 0.3) is 5.95 Å². The van der Waals surface area contributed by atoms with Gasteiger partial charge < -0.3 is 4.98 Å². The summed E-state index contributed by atoms with van der Waals surface area (Å²) in [6.07, 6.45) is 5.05. The molecule has 2 aromatic heterocycles. The molecule has 66 valence electrons. The van der Waals surface area contributed by atoms with E-state index in [-0.39, 0.29) is 5.56 Å². The fourth-order valence-corrected chi connectivity index (χ4v) is 1.15. The molecule has 1 N–H and O–H groups in total. The van der Waals surface area contributed by atoms with E-state index in [1.807, 2.05) is 6.92 Å². The number of aryl methyl sites for hydroxylation is 1. The van der Waals surface area contributed by atoms with Gasteiger partial charge in [0.05, 0.1) is 0 Å². The molecule has 0 fully saturated rings. The number of nitrogens with one attached hydrogen (secondary N) is 1. The summed E-state index contributed by atoms with van der Waals surface area (Å²) in [7, 11) is 0. The molecule has 0 aliphatic carbocycles. The highest BCUT2D eigenvalue weighted by Crippen LogP contribution is 1.98. The zero-order valence-electron chi connectivity index (χ0n) is 7.19. The Bertz CT molecular complexity index is 456. The van der Waals surface area contributed by atoms with Crippen LogP contribution in [0.4, 0.5) is 0 Å². The molecule has 0 saturated heterocycles. The number of rotatable bonds is 1. The summed E-state index contributed by atoms with van der Waals surface area (Å²) in [6, 6.07) is 3.31. The van der Waals surface area contributed by atoms with Gasteiger partial charge in [-0.05, 0) is 12.5 Å². The number of hydrogen-bond donors (Lipinski definition) is 1. The van der Waals surface area contributed by atoms with E-state index in [1.54, 1.807) is 24.7 Å². The van der Waals surface area contributed by atoms with Crippen molar-refractivity contribution in [3.8, 4) is 5.95 Å². The molecule has 0 unspecified atom stereocenters. The smallest absolute Gasteiger partial charge is 0.257 e. The van der Waals surface area contributed by atoms with Gasteiger partial charge in [0, 0.05) is 24.7 Å². The first-order valence-electron chi connectivity index (χ1n) is 3.96. The van der Waals surface area contributed by atoms with Crippen molar-refractivity contribution in [2.24, 2.45) is 0 Å². The first-order valence-corrected chi connectivity index (χ1v) is 3.96. The molecular formula is C9H9N3O. The normalized spacial score (nSPS) is 10.2. The topological polar surface area (TPSA) is 50.7 Å². The molecule has 0 aliphatic heterocycles. The SMILES string of the molecule is Cc1ccc(=O)n(-c2ncc[nH]2)c1. The second-order valence-electron chi connectivity index (χ2n) is 2.83. The molecule has 4 heteroatoms. The first kappa shape index (κ1) is 7.79. The Labute approximate surface area is 74.9 Å². The van der Waals surface area contributed by atoms with Crippen LogP contribution in [0, 0.1) is 6.92 Å². The summed E-state index contributed by atoms with van der Waals surface area (Å²) < 4.78 is 1.48. The highest BCUT2D eigenvalue weighted by molar-refractivity contribution is 5.17. The lowest BCUT2D eigenvalue weighted by Gasteiger charge is -2.00. The van der Waals surface area contributed by atoms with E-state index in [4.69, 9.17) is 0 Å². The van der Waals surface area contributed by atoms with Gasteiger partial charge in [-0.3, -0.25) is 9.36 Å². The summed E-state index contributed by atoms with van der Waals surface area (Å²) >= 11 is 0. The predicted octanol–water partition coefficient (Wildman–Crippen LogP) is 0.869. The Balaban J connectivity index is 2.64. The van der Waals surface area contributed by atoms with Crippen LogP contribution in [0.3, 0.4) is 0 Å². The Morgan fingerprint density at radius 2 is 2.31 bits per heavy atom. The van der Waals surface area contributed by atoms with Gasteiger partial charge in [-0.1, -0.05) is 6.07 Å². The van der Waals surface area contributed by atoms with Gasteiger partial charge in [0.2, 0.25) is 5.95 Å². The van der Waals surface area contributed by atoms with E-state index in [1.165, 1.54) is 10.6 Å². The van der Waals surface area contributed by atoms with Gasteiger partial charge in [0.15, 0.2) is 0 Å².